The van der Waals surface area contributed by atoms with Gasteiger partial charge in [0.1, 0.15) is 0 Å². The molecule has 0 aromatic heterocycles. The SMILES string of the molecule is C[C@H](N)C(=O)Nc1cccc(CN2CCCCC2)c1. The number of amides is 1. The number of nitrogens with zero attached hydrogens (tertiary/aromatic N) is 1. The van der Waals surface area contributed by atoms with Crippen molar-refractivity contribution in [2.24, 2.45) is 5.73 Å². The van der Waals surface area contributed by atoms with E-state index in [2.05, 4.69) is 16.3 Å². The maximum Gasteiger partial charge on any atom is 0.240 e. The van der Waals surface area contributed by atoms with Crippen LogP contribution in [0.25, 0.3) is 0 Å². The molecule has 1 amide bonds. The second kappa shape index (κ2) is 6.68. The number of benzene rings is 1. The van der Waals surface area contributed by atoms with Crippen molar-refractivity contribution >= 4 is 11.6 Å². The lowest BCUT2D eigenvalue weighted by molar-refractivity contribution is -0.117. The number of nitrogens with two attached hydrogens (primary N) is 1. The zero-order valence-corrected chi connectivity index (χ0v) is 11.6. The van der Waals surface area contributed by atoms with Crippen LogP contribution in [-0.4, -0.2) is 29.9 Å². The van der Waals surface area contributed by atoms with Crippen LogP contribution >= 0.6 is 0 Å². The summed E-state index contributed by atoms with van der Waals surface area (Å²) in [6, 6.07) is 7.55. The average molecular weight is 261 g/mol. The van der Waals surface area contributed by atoms with Gasteiger partial charge in [-0.1, -0.05) is 18.6 Å². The second-order valence-corrected chi connectivity index (χ2v) is 5.32. The zero-order valence-electron chi connectivity index (χ0n) is 11.6. The van der Waals surface area contributed by atoms with Crippen LogP contribution in [-0.2, 0) is 11.3 Å². The van der Waals surface area contributed by atoms with Gasteiger partial charge in [-0.25, -0.2) is 0 Å². The highest BCUT2D eigenvalue weighted by Crippen LogP contribution is 2.16. The van der Waals surface area contributed by atoms with E-state index in [1.54, 1.807) is 6.92 Å². The van der Waals surface area contributed by atoms with Crippen molar-refractivity contribution in [3.05, 3.63) is 29.8 Å². The van der Waals surface area contributed by atoms with Gasteiger partial charge in [0.25, 0.3) is 0 Å². The van der Waals surface area contributed by atoms with Crippen molar-refractivity contribution in [1.29, 1.82) is 0 Å². The number of hydrogen-bond acceptors (Lipinski definition) is 3. The molecule has 0 aliphatic carbocycles. The van der Waals surface area contributed by atoms with Gasteiger partial charge >= 0.3 is 0 Å². The summed E-state index contributed by atoms with van der Waals surface area (Å²) in [6.45, 7) is 5.00. The summed E-state index contributed by atoms with van der Waals surface area (Å²) in [4.78, 5) is 14.0. The number of rotatable bonds is 4. The Balaban J connectivity index is 1.96. The maximum absolute atomic E-state index is 11.6. The molecule has 1 atom stereocenters. The summed E-state index contributed by atoms with van der Waals surface area (Å²) in [5.41, 5.74) is 7.62. The van der Waals surface area contributed by atoms with E-state index in [1.165, 1.54) is 37.9 Å². The molecule has 1 aliphatic heterocycles. The topological polar surface area (TPSA) is 58.4 Å². The highest BCUT2D eigenvalue weighted by atomic mass is 16.2. The molecule has 19 heavy (non-hydrogen) atoms. The lowest BCUT2D eigenvalue weighted by Crippen LogP contribution is -2.32. The Morgan fingerprint density at radius 2 is 2.11 bits per heavy atom. The van der Waals surface area contributed by atoms with Crippen LogP contribution in [0.4, 0.5) is 5.69 Å². The summed E-state index contributed by atoms with van der Waals surface area (Å²) in [7, 11) is 0. The van der Waals surface area contributed by atoms with Crippen molar-refractivity contribution in [2.75, 3.05) is 18.4 Å². The molecule has 3 N–H and O–H groups in total. The van der Waals surface area contributed by atoms with Gasteiger partial charge in [0.05, 0.1) is 6.04 Å². The molecule has 1 fully saturated rings. The van der Waals surface area contributed by atoms with Gasteiger partial charge in [-0.05, 0) is 50.6 Å². The maximum atomic E-state index is 11.6. The molecule has 4 nitrogen and oxygen atoms in total. The molecule has 0 spiro atoms. The van der Waals surface area contributed by atoms with E-state index in [4.69, 9.17) is 5.73 Å². The molecule has 1 saturated heterocycles. The summed E-state index contributed by atoms with van der Waals surface area (Å²) in [6.07, 6.45) is 3.93. The fourth-order valence-corrected chi connectivity index (χ4v) is 2.38. The predicted octanol–water partition coefficient (Wildman–Crippen LogP) is 1.96. The first-order chi connectivity index (χ1) is 9.15. The molecule has 1 aromatic rings. The van der Waals surface area contributed by atoms with Crippen molar-refractivity contribution in [3.8, 4) is 0 Å². The van der Waals surface area contributed by atoms with Gasteiger partial charge < -0.3 is 11.1 Å². The van der Waals surface area contributed by atoms with Crippen molar-refractivity contribution in [1.82, 2.24) is 4.90 Å². The lowest BCUT2D eigenvalue weighted by Gasteiger charge is -2.26. The molecule has 0 bridgehead atoms. The Morgan fingerprint density at radius 1 is 1.37 bits per heavy atom. The zero-order chi connectivity index (χ0) is 13.7. The fourth-order valence-electron chi connectivity index (χ4n) is 2.38. The van der Waals surface area contributed by atoms with Gasteiger partial charge in [-0.15, -0.1) is 0 Å². The molecule has 0 unspecified atom stereocenters. The van der Waals surface area contributed by atoms with Gasteiger partial charge in [0.15, 0.2) is 0 Å². The number of carbonyl (C=O) groups excluding carboxylic acids is 1. The van der Waals surface area contributed by atoms with Gasteiger partial charge in [-0.3, -0.25) is 9.69 Å². The smallest absolute Gasteiger partial charge is 0.240 e. The summed E-state index contributed by atoms with van der Waals surface area (Å²) in [5.74, 6) is -0.143. The molecule has 104 valence electrons. The van der Waals surface area contributed by atoms with Crippen molar-refractivity contribution < 1.29 is 4.79 Å². The van der Waals surface area contributed by atoms with Crippen LogP contribution in [0, 0.1) is 0 Å². The number of nitrogens with one attached hydrogen (secondary N) is 1. The fraction of sp³-hybridized carbons (Fsp3) is 0.533. The molecule has 1 aliphatic rings. The Bertz CT molecular complexity index is 425. The molecule has 0 radical (unpaired) electrons. The largest absolute Gasteiger partial charge is 0.325 e. The van der Waals surface area contributed by atoms with Crippen LogP contribution in [0.1, 0.15) is 31.7 Å². The first kappa shape index (κ1) is 14.0. The molecular formula is C15H23N3O. The number of likely N-dealkylation sites (tertiary alicyclic amines) is 1. The summed E-state index contributed by atoms with van der Waals surface area (Å²) in [5, 5.41) is 2.84. The van der Waals surface area contributed by atoms with Gasteiger partial charge in [0.2, 0.25) is 5.91 Å². The minimum absolute atomic E-state index is 0.143. The van der Waals surface area contributed by atoms with Crippen LogP contribution in [0.5, 0.6) is 0 Å². The number of carbonyl (C=O) groups is 1. The third-order valence-corrected chi connectivity index (χ3v) is 3.46. The van der Waals surface area contributed by atoms with E-state index in [-0.39, 0.29) is 5.91 Å². The van der Waals surface area contributed by atoms with Crippen molar-refractivity contribution in [2.45, 2.75) is 38.8 Å². The van der Waals surface area contributed by atoms with Crippen LogP contribution in [0.3, 0.4) is 0 Å². The van der Waals surface area contributed by atoms with Crippen molar-refractivity contribution in [3.63, 3.8) is 0 Å². The Hall–Kier alpha value is -1.39. The molecule has 2 rings (SSSR count). The first-order valence-electron chi connectivity index (χ1n) is 7.03. The molecule has 0 saturated carbocycles. The monoisotopic (exact) mass is 261 g/mol. The van der Waals surface area contributed by atoms with E-state index in [1.807, 2.05) is 18.2 Å². The number of piperidine rings is 1. The third kappa shape index (κ3) is 4.33. The Morgan fingerprint density at radius 3 is 2.79 bits per heavy atom. The van der Waals surface area contributed by atoms with Crippen LogP contribution in [0.15, 0.2) is 24.3 Å². The molecule has 4 heteroatoms. The molecule has 1 heterocycles. The van der Waals surface area contributed by atoms with E-state index in [0.717, 1.165) is 12.2 Å². The van der Waals surface area contributed by atoms with E-state index >= 15 is 0 Å². The Kier molecular flexibility index (Phi) is 4.93. The van der Waals surface area contributed by atoms with E-state index < -0.39 is 6.04 Å². The molecule has 1 aromatic carbocycles. The standard InChI is InChI=1S/C15H23N3O/c1-12(16)15(19)17-14-7-5-6-13(10-14)11-18-8-3-2-4-9-18/h5-7,10,12H,2-4,8-9,11,16H2,1H3,(H,17,19)/t12-/m0/s1. The summed E-state index contributed by atoms with van der Waals surface area (Å²) < 4.78 is 0. The highest BCUT2D eigenvalue weighted by molar-refractivity contribution is 5.94. The van der Waals surface area contributed by atoms with Crippen LogP contribution < -0.4 is 11.1 Å². The predicted molar refractivity (Wildman–Crippen MR) is 77.8 cm³/mol. The number of anilines is 1. The average Bonchev–Trinajstić information content (AvgIpc) is 2.40. The summed E-state index contributed by atoms with van der Waals surface area (Å²) >= 11 is 0. The second-order valence-electron chi connectivity index (χ2n) is 5.32. The van der Waals surface area contributed by atoms with E-state index in [9.17, 15) is 4.79 Å². The quantitative estimate of drug-likeness (QED) is 0.871. The van der Waals surface area contributed by atoms with Crippen LogP contribution in [0.2, 0.25) is 0 Å². The first-order valence-corrected chi connectivity index (χ1v) is 7.03. The minimum Gasteiger partial charge on any atom is -0.325 e. The highest BCUT2D eigenvalue weighted by Gasteiger charge is 2.11. The molecular weight excluding hydrogens is 238 g/mol. The van der Waals surface area contributed by atoms with Gasteiger partial charge in [0, 0.05) is 12.2 Å². The normalized spacial score (nSPS) is 18.0. The Labute approximate surface area is 115 Å². The van der Waals surface area contributed by atoms with E-state index in [0.29, 0.717) is 0 Å². The minimum atomic E-state index is -0.481. The van der Waals surface area contributed by atoms with Gasteiger partial charge in [-0.2, -0.15) is 0 Å². The third-order valence-electron chi connectivity index (χ3n) is 3.46. The number of hydrogen-bond donors (Lipinski definition) is 2. The lowest BCUT2D eigenvalue weighted by atomic mass is 10.1.